The van der Waals surface area contributed by atoms with Crippen molar-refractivity contribution in [2.24, 2.45) is 0 Å². The van der Waals surface area contributed by atoms with Crippen molar-refractivity contribution in [3.63, 3.8) is 0 Å². The third-order valence-electron chi connectivity index (χ3n) is 2.60. The Hall–Kier alpha value is -1.32. The van der Waals surface area contributed by atoms with Crippen LogP contribution in [0.1, 0.15) is 0 Å². The molecule has 0 spiro atoms. The van der Waals surface area contributed by atoms with Gasteiger partial charge in [-0.1, -0.05) is 0 Å². The number of methoxy groups -OCH3 is 2. The van der Waals surface area contributed by atoms with Crippen molar-refractivity contribution < 1.29 is 31.1 Å². The molecule has 0 N–H and O–H groups in total. The maximum Gasteiger partial charge on any atom is 0.402 e. The number of nitrogens with zero attached hydrogens (tertiary/aromatic N) is 1. The summed E-state index contributed by atoms with van der Waals surface area (Å²) in [4.78, 5) is -0.233. The van der Waals surface area contributed by atoms with Crippen LogP contribution in [0.2, 0.25) is 0 Å². The van der Waals surface area contributed by atoms with E-state index in [1.165, 1.54) is 38.5 Å². The van der Waals surface area contributed by atoms with Gasteiger partial charge >= 0.3 is 6.18 Å². The van der Waals surface area contributed by atoms with Gasteiger partial charge in [0.1, 0.15) is 12.3 Å². The first-order chi connectivity index (χ1) is 9.70. The molecule has 1 rings (SSSR count). The lowest BCUT2D eigenvalue weighted by molar-refractivity contribution is -0.136. The van der Waals surface area contributed by atoms with E-state index in [-0.39, 0.29) is 18.0 Å². The zero-order valence-corrected chi connectivity index (χ0v) is 12.4. The van der Waals surface area contributed by atoms with Crippen molar-refractivity contribution in [2.75, 3.05) is 33.9 Å². The first kappa shape index (κ1) is 17.7. The average molecular weight is 327 g/mol. The van der Waals surface area contributed by atoms with Crippen LogP contribution in [0.25, 0.3) is 0 Å². The molecule has 0 atom stereocenters. The molecule has 0 aliphatic rings. The van der Waals surface area contributed by atoms with E-state index in [9.17, 15) is 21.6 Å². The molecule has 0 amide bonds. The van der Waals surface area contributed by atoms with Crippen molar-refractivity contribution in [3.8, 4) is 5.75 Å². The van der Waals surface area contributed by atoms with Gasteiger partial charge in [0, 0.05) is 13.7 Å². The largest absolute Gasteiger partial charge is 0.497 e. The van der Waals surface area contributed by atoms with Gasteiger partial charge in [-0.2, -0.15) is 17.5 Å². The molecule has 1 aromatic rings. The summed E-state index contributed by atoms with van der Waals surface area (Å²) in [5.74, 6) is 0.410. The third kappa shape index (κ3) is 5.18. The Kier molecular flexibility index (Phi) is 5.99. The van der Waals surface area contributed by atoms with Crippen LogP contribution in [0.4, 0.5) is 13.2 Å². The van der Waals surface area contributed by atoms with E-state index >= 15 is 0 Å². The van der Waals surface area contributed by atoms with Crippen molar-refractivity contribution in [2.45, 2.75) is 11.1 Å². The fraction of sp³-hybridized carbons (Fsp3) is 0.500. The summed E-state index contributed by atoms with van der Waals surface area (Å²) in [5, 5.41) is 0. The number of hydrogen-bond donors (Lipinski definition) is 0. The molecule has 1 aromatic carbocycles. The summed E-state index contributed by atoms with van der Waals surface area (Å²) in [6.07, 6.45) is -4.63. The Labute approximate surface area is 121 Å². The van der Waals surface area contributed by atoms with Crippen molar-refractivity contribution in [3.05, 3.63) is 24.3 Å². The van der Waals surface area contributed by atoms with Gasteiger partial charge in [0.2, 0.25) is 10.0 Å². The summed E-state index contributed by atoms with van der Waals surface area (Å²) in [6, 6.07) is 5.14. The highest BCUT2D eigenvalue weighted by Crippen LogP contribution is 2.23. The van der Waals surface area contributed by atoms with E-state index in [0.29, 0.717) is 10.1 Å². The highest BCUT2D eigenvalue weighted by atomic mass is 32.2. The Morgan fingerprint density at radius 1 is 1.14 bits per heavy atom. The standard InChI is InChI=1S/C12H16F3NO4S/c1-19-8-7-16(9-12(13,14)15)21(17,18)11-5-3-10(20-2)4-6-11/h3-6H,7-9H2,1-2H3. The van der Waals surface area contributed by atoms with E-state index in [1.807, 2.05) is 0 Å². The van der Waals surface area contributed by atoms with Gasteiger partial charge in [0.15, 0.2) is 0 Å². The summed E-state index contributed by atoms with van der Waals surface area (Å²) in [7, 11) is -1.57. The predicted octanol–water partition coefficient (Wildman–Crippen LogP) is 1.89. The van der Waals surface area contributed by atoms with Crippen LogP contribution in [-0.4, -0.2) is 52.8 Å². The van der Waals surface area contributed by atoms with Crippen molar-refractivity contribution in [1.29, 1.82) is 0 Å². The van der Waals surface area contributed by atoms with Gasteiger partial charge in [-0.15, -0.1) is 0 Å². The maximum absolute atomic E-state index is 12.5. The molecular formula is C12H16F3NO4S. The normalized spacial score (nSPS) is 12.7. The molecule has 0 bridgehead atoms. The molecule has 0 aliphatic heterocycles. The molecule has 5 nitrogen and oxygen atoms in total. The summed E-state index contributed by atoms with van der Waals surface area (Å²) in [5.41, 5.74) is 0. The lowest BCUT2D eigenvalue weighted by atomic mass is 10.3. The second-order valence-corrected chi connectivity index (χ2v) is 6.06. The number of benzene rings is 1. The minimum absolute atomic E-state index is 0.133. The van der Waals surface area contributed by atoms with Crippen LogP contribution in [0.5, 0.6) is 5.75 Å². The summed E-state index contributed by atoms with van der Waals surface area (Å²) < 4.78 is 72.0. The molecule has 0 fully saturated rings. The van der Waals surface area contributed by atoms with Gasteiger partial charge in [-0.25, -0.2) is 8.42 Å². The van der Waals surface area contributed by atoms with Crippen LogP contribution in [0, 0.1) is 0 Å². The molecule has 0 saturated carbocycles. The first-order valence-corrected chi connectivity index (χ1v) is 7.34. The van der Waals surface area contributed by atoms with Gasteiger partial charge in [-0.05, 0) is 24.3 Å². The SMILES string of the molecule is COCCN(CC(F)(F)F)S(=O)(=O)c1ccc(OC)cc1. The van der Waals surface area contributed by atoms with Crippen LogP contribution in [-0.2, 0) is 14.8 Å². The van der Waals surface area contributed by atoms with Gasteiger partial charge in [0.05, 0.1) is 18.6 Å². The molecule has 0 unspecified atom stereocenters. The van der Waals surface area contributed by atoms with Gasteiger partial charge < -0.3 is 9.47 Å². The number of hydrogen-bond acceptors (Lipinski definition) is 4. The Bertz CT molecular complexity index is 543. The molecule has 0 heterocycles. The molecule has 0 radical (unpaired) electrons. The average Bonchev–Trinajstić information content (AvgIpc) is 2.42. The molecule has 120 valence electrons. The minimum Gasteiger partial charge on any atom is -0.497 e. The van der Waals surface area contributed by atoms with Crippen LogP contribution >= 0.6 is 0 Å². The van der Waals surface area contributed by atoms with Crippen LogP contribution < -0.4 is 4.74 Å². The third-order valence-corrected chi connectivity index (χ3v) is 4.46. The number of alkyl halides is 3. The Morgan fingerprint density at radius 2 is 1.71 bits per heavy atom. The predicted molar refractivity (Wildman–Crippen MR) is 69.7 cm³/mol. The van der Waals surface area contributed by atoms with Gasteiger partial charge in [-0.3, -0.25) is 0 Å². The second-order valence-electron chi connectivity index (χ2n) is 4.12. The van der Waals surface area contributed by atoms with Crippen LogP contribution in [0.3, 0.4) is 0 Å². The number of ether oxygens (including phenoxy) is 2. The Morgan fingerprint density at radius 3 is 2.14 bits per heavy atom. The quantitative estimate of drug-likeness (QED) is 0.767. The second kappa shape index (κ2) is 7.10. The lowest BCUT2D eigenvalue weighted by Gasteiger charge is -2.23. The highest BCUT2D eigenvalue weighted by Gasteiger charge is 2.36. The van der Waals surface area contributed by atoms with Gasteiger partial charge in [0.25, 0.3) is 0 Å². The number of sulfonamides is 1. The lowest BCUT2D eigenvalue weighted by Crippen LogP contribution is -2.40. The zero-order valence-electron chi connectivity index (χ0n) is 11.6. The smallest absolute Gasteiger partial charge is 0.402 e. The number of rotatable bonds is 7. The van der Waals surface area contributed by atoms with Crippen molar-refractivity contribution >= 4 is 10.0 Å². The molecule has 0 aliphatic carbocycles. The van der Waals surface area contributed by atoms with E-state index in [0.717, 1.165) is 0 Å². The molecule has 0 saturated heterocycles. The topological polar surface area (TPSA) is 55.8 Å². The Balaban J connectivity index is 3.06. The fourth-order valence-electron chi connectivity index (χ4n) is 1.57. The van der Waals surface area contributed by atoms with E-state index < -0.39 is 22.7 Å². The first-order valence-electron chi connectivity index (χ1n) is 5.90. The van der Waals surface area contributed by atoms with Crippen LogP contribution in [0.15, 0.2) is 29.2 Å². The van der Waals surface area contributed by atoms with E-state index in [4.69, 9.17) is 4.74 Å². The monoisotopic (exact) mass is 327 g/mol. The summed E-state index contributed by atoms with van der Waals surface area (Å²) in [6.45, 7) is -2.08. The maximum atomic E-state index is 12.5. The molecular weight excluding hydrogens is 311 g/mol. The number of halogens is 3. The van der Waals surface area contributed by atoms with E-state index in [1.54, 1.807) is 0 Å². The molecule has 0 aromatic heterocycles. The fourth-order valence-corrected chi connectivity index (χ4v) is 2.98. The highest BCUT2D eigenvalue weighted by molar-refractivity contribution is 7.89. The zero-order chi connectivity index (χ0) is 16.1. The summed E-state index contributed by atoms with van der Waals surface area (Å²) >= 11 is 0. The van der Waals surface area contributed by atoms with Crippen molar-refractivity contribution in [1.82, 2.24) is 4.31 Å². The molecule has 9 heteroatoms. The minimum atomic E-state index is -4.63. The molecule has 21 heavy (non-hydrogen) atoms. The van der Waals surface area contributed by atoms with E-state index in [2.05, 4.69) is 4.74 Å².